The molecule has 2 atom stereocenters. The minimum Gasteiger partial charge on any atom is -0.481 e. The lowest BCUT2D eigenvalue weighted by Gasteiger charge is -2.13. The van der Waals surface area contributed by atoms with Crippen molar-refractivity contribution in [2.45, 2.75) is 57.0 Å². The summed E-state index contributed by atoms with van der Waals surface area (Å²) >= 11 is 0. The van der Waals surface area contributed by atoms with Crippen LogP contribution in [0.5, 0.6) is 0 Å². The Morgan fingerprint density at radius 3 is 1.93 bits per heavy atom. The van der Waals surface area contributed by atoms with Crippen LogP contribution in [0.15, 0.2) is 60.7 Å². The van der Waals surface area contributed by atoms with Crippen molar-refractivity contribution in [2.24, 2.45) is 0 Å². The van der Waals surface area contributed by atoms with E-state index in [1.54, 1.807) is 0 Å². The normalized spacial score (nSPS) is 13.2. The van der Waals surface area contributed by atoms with Crippen molar-refractivity contribution in [3.63, 3.8) is 0 Å². The van der Waals surface area contributed by atoms with Crippen molar-refractivity contribution in [1.82, 2.24) is 5.32 Å². The number of nitrogens with one attached hydrogen (secondary N) is 1. The quantitative estimate of drug-likeness (QED) is 0.406. The number of rotatable bonds is 14. The monoisotopic (exact) mass is 383 g/mol. The zero-order valence-electron chi connectivity index (χ0n) is 16.6. The Bertz CT molecular complexity index is 660. The van der Waals surface area contributed by atoms with Crippen LogP contribution in [-0.2, 0) is 4.79 Å². The maximum atomic E-state index is 11.5. The molecule has 0 bridgehead atoms. The van der Waals surface area contributed by atoms with E-state index in [4.69, 9.17) is 0 Å². The predicted octanol–water partition coefficient (Wildman–Crippen LogP) is 4.91. The highest BCUT2D eigenvalue weighted by atomic mass is 16.4. The van der Waals surface area contributed by atoms with E-state index < -0.39 is 12.1 Å². The number of carboxylic acid groups (broad SMARTS) is 1. The zero-order chi connectivity index (χ0) is 20.0. The van der Waals surface area contributed by atoms with Crippen LogP contribution in [0.4, 0.5) is 0 Å². The van der Waals surface area contributed by atoms with Crippen LogP contribution in [0.3, 0.4) is 0 Å². The van der Waals surface area contributed by atoms with Crippen molar-refractivity contribution in [2.75, 3.05) is 13.1 Å². The number of aliphatic hydroxyl groups excluding tert-OH is 1. The Morgan fingerprint density at radius 1 is 0.786 bits per heavy atom. The first-order chi connectivity index (χ1) is 13.7. The van der Waals surface area contributed by atoms with Crippen molar-refractivity contribution in [3.05, 3.63) is 71.8 Å². The Morgan fingerprint density at radius 2 is 1.32 bits per heavy atom. The molecular formula is C24H33NO3. The van der Waals surface area contributed by atoms with Crippen LogP contribution in [-0.4, -0.2) is 29.3 Å². The van der Waals surface area contributed by atoms with Gasteiger partial charge in [-0.15, -0.1) is 0 Å². The van der Waals surface area contributed by atoms with Gasteiger partial charge < -0.3 is 15.5 Å². The highest BCUT2D eigenvalue weighted by Crippen LogP contribution is 2.23. The summed E-state index contributed by atoms with van der Waals surface area (Å²) in [5, 5.41) is 22.8. The number of unbranched alkanes of at least 4 members (excludes halogenated alkanes) is 5. The zero-order valence-corrected chi connectivity index (χ0v) is 16.6. The minimum atomic E-state index is -0.727. The summed E-state index contributed by atoms with van der Waals surface area (Å²) < 4.78 is 0. The Hall–Kier alpha value is -2.17. The summed E-state index contributed by atoms with van der Waals surface area (Å²) in [5.74, 6) is -1.11. The van der Waals surface area contributed by atoms with Crippen LogP contribution >= 0.6 is 0 Å². The van der Waals surface area contributed by atoms with Crippen molar-refractivity contribution >= 4 is 5.97 Å². The predicted molar refractivity (Wildman–Crippen MR) is 113 cm³/mol. The van der Waals surface area contributed by atoms with Gasteiger partial charge in [-0.2, -0.15) is 0 Å². The highest BCUT2D eigenvalue weighted by Gasteiger charge is 2.18. The second-order valence-electron chi connectivity index (χ2n) is 7.34. The van der Waals surface area contributed by atoms with Gasteiger partial charge in [0.2, 0.25) is 0 Å². The number of hydrogen-bond acceptors (Lipinski definition) is 3. The average Bonchev–Trinajstić information content (AvgIpc) is 2.73. The molecule has 4 nitrogen and oxygen atoms in total. The molecule has 0 aromatic heterocycles. The van der Waals surface area contributed by atoms with E-state index in [2.05, 4.69) is 5.32 Å². The van der Waals surface area contributed by atoms with Gasteiger partial charge in [0.15, 0.2) is 0 Å². The maximum absolute atomic E-state index is 11.5. The molecule has 2 rings (SSSR count). The van der Waals surface area contributed by atoms with Crippen LogP contribution in [0.25, 0.3) is 0 Å². The number of aliphatic hydroxyl groups is 1. The summed E-state index contributed by atoms with van der Waals surface area (Å²) in [6.45, 7) is 1.50. The molecule has 2 unspecified atom stereocenters. The third kappa shape index (κ3) is 8.24. The fourth-order valence-corrected chi connectivity index (χ4v) is 3.46. The first-order valence-corrected chi connectivity index (χ1v) is 10.4. The van der Waals surface area contributed by atoms with Crippen LogP contribution in [0.1, 0.15) is 68.1 Å². The van der Waals surface area contributed by atoms with E-state index >= 15 is 0 Å². The van der Waals surface area contributed by atoms with E-state index in [0.29, 0.717) is 13.0 Å². The maximum Gasteiger partial charge on any atom is 0.310 e. The van der Waals surface area contributed by atoms with E-state index in [9.17, 15) is 15.0 Å². The van der Waals surface area contributed by atoms with Gasteiger partial charge >= 0.3 is 5.97 Å². The largest absolute Gasteiger partial charge is 0.481 e. The average molecular weight is 384 g/mol. The van der Waals surface area contributed by atoms with Crippen LogP contribution in [0.2, 0.25) is 0 Å². The van der Waals surface area contributed by atoms with E-state index in [-0.39, 0.29) is 5.92 Å². The van der Waals surface area contributed by atoms with Gasteiger partial charge in [0.25, 0.3) is 0 Å². The Labute approximate surface area is 168 Å². The lowest BCUT2D eigenvalue weighted by Crippen LogP contribution is -2.22. The lowest BCUT2D eigenvalue weighted by molar-refractivity contribution is -0.139. The first-order valence-electron chi connectivity index (χ1n) is 10.4. The van der Waals surface area contributed by atoms with E-state index in [1.165, 1.54) is 6.42 Å². The van der Waals surface area contributed by atoms with Crippen LogP contribution in [0, 0.1) is 0 Å². The van der Waals surface area contributed by atoms with E-state index in [1.807, 2.05) is 60.7 Å². The number of benzene rings is 2. The number of hydrogen-bond donors (Lipinski definition) is 3. The Kier molecular flexibility index (Phi) is 10.3. The molecule has 0 radical (unpaired) electrons. The number of carbonyl (C=O) groups is 1. The topological polar surface area (TPSA) is 69.6 Å². The molecule has 0 amide bonds. The van der Waals surface area contributed by atoms with Gasteiger partial charge in [-0.05, 0) is 30.5 Å². The van der Waals surface area contributed by atoms with Crippen LogP contribution < -0.4 is 5.32 Å². The molecule has 4 heteroatoms. The summed E-state index contributed by atoms with van der Waals surface area (Å²) in [7, 11) is 0. The van der Waals surface area contributed by atoms with Gasteiger partial charge in [-0.3, -0.25) is 4.79 Å². The molecule has 3 N–H and O–H groups in total. The number of aliphatic carboxylic acids is 1. The highest BCUT2D eigenvalue weighted by molar-refractivity contribution is 5.75. The van der Waals surface area contributed by atoms with Crippen molar-refractivity contribution in [3.8, 4) is 0 Å². The smallest absolute Gasteiger partial charge is 0.310 e. The molecular weight excluding hydrogens is 350 g/mol. The second-order valence-corrected chi connectivity index (χ2v) is 7.34. The van der Waals surface area contributed by atoms with Crippen molar-refractivity contribution < 1.29 is 15.0 Å². The SMILES string of the molecule is O=C(O)C(CCCCCCCCNCC(O)c1ccccc1)c1ccccc1. The molecule has 0 aliphatic heterocycles. The number of carboxylic acids is 1. The molecule has 0 aliphatic carbocycles. The van der Waals surface area contributed by atoms with Crippen molar-refractivity contribution in [1.29, 1.82) is 0 Å². The fourth-order valence-electron chi connectivity index (χ4n) is 3.46. The van der Waals surface area contributed by atoms with Gasteiger partial charge in [0.1, 0.15) is 0 Å². The molecule has 0 aliphatic rings. The Balaban J connectivity index is 1.48. The molecule has 0 heterocycles. The third-order valence-electron chi connectivity index (χ3n) is 5.12. The summed E-state index contributed by atoms with van der Waals surface area (Å²) in [4.78, 5) is 11.5. The molecule has 28 heavy (non-hydrogen) atoms. The summed E-state index contributed by atoms with van der Waals surface area (Å²) in [6, 6.07) is 19.2. The molecule has 0 saturated heterocycles. The molecule has 0 fully saturated rings. The minimum absolute atomic E-state index is 0.388. The first kappa shape index (κ1) is 22.1. The van der Waals surface area contributed by atoms with Gasteiger partial charge in [-0.1, -0.05) is 92.8 Å². The van der Waals surface area contributed by atoms with Gasteiger partial charge in [0.05, 0.1) is 12.0 Å². The molecule has 0 saturated carbocycles. The van der Waals surface area contributed by atoms with Gasteiger partial charge in [0, 0.05) is 6.54 Å². The standard InChI is InChI=1S/C24H33NO3/c26-23(21-15-9-6-10-16-21)19-25-18-12-4-2-1-3-11-17-22(24(27)28)20-13-7-5-8-14-20/h5-10,13-16,22-23,25-26H,1-4,11-12,17-19H2,(H,27,28). The van der Waals surface area contributed by atoms with E-state index in [0.717, 1.165) is 49.8 Å². The lowest BCUT2D eigenvalue weighted by atomic mass is 9.93. The fraction of sp³-hybridized carbons (Fsp3) is 0.458. The molecule has 0 spiro atoms. The molecule has 152 valence electrons. The summed E-state index contributed by atoms with van der Waals surface area (Å²) in [5.41, 5.74) is 1.85. The molecule has 2 aromatic carbocycles. The second kappa shape index (κ2) is 13.1. The molecule has 2 aromatic rings. The third-order valence-corrected chi connectivity index (χ3v) is 5.12. The van der Waals surface area contributed by atoms with Gasteiger partial charge in [-0.25, -0.2) is 0 Å². The summed E-state index contributed by atoms with van der Waals surface area (Å²) in [6.07, 6.45) is 6.87.